The second-order valence-electron chi connectivity index (χ2n) is 5.74. The van der Waals surface area contributed by atoms with E-state index in [1.807, 2.05) is 18.2 Å². The molecule has 0 unspecified atom stereocenters. The molecule has 3 rings (SSSR count). The summed E-state index contributed by atoms with van der Waals surface area (Å²) >= 11 is 22.3. The minimum atomic E-state index is 0.283. The summed E-state index contributed by atoms with van der Waals surface area (Å²) in [4.78, 5) is 11.1. The van der Waals surface area contributed by atoms with Gasteiger partial charge in [0, 0.05) is 44.7 Å². The van der Waals surface area contributed by atoms with E-state index in [0.29, 0.717) is 22.8 Å². The number of aldehydes is 1. The molecule has 2 nitrogen and oxygen atoms in total. The molecule has 0 N–H and O–H groups in total. The van der Waals surface area contributed by atoms with E-state index in [-0.39, 0.29) is 5.02 Å². The normalized spacial score (nSPS) is 11.2. The molecule has 130 valence electrons. The zero-order valence-corrected chi connectivity index (χ0v) is 17.3. The molecule has 6 heteroatoms. The quantitative estimate of drug-likeness (QED) is 0.294. The molecule has 0 spiro atoms. The summed E-state index contributed by atoms with van der Waals surface area (Å²) in [5, 5.41) is 1.76. The first-order valence-corrected chi connectivity index (χ1v) is 9.86. The first kappa shape index (κ1) is 18.8. The summed E-state index contributed by atoms with van der Waals surface area (Å²) in [6.07, 6.45) is 1.58. The number of para-hydroxylation sites is 1. The molecule has 1 aromatic heterocycles. The first-order chi connectivity index (χ1) is 12.0. The van der Waals surface area contributed by atoms with Gasteiger partial charge in [-0.25, -0.2) is 0 Å². The highest BCUT2D eigenvalue weighted by molar-refractivity contribution is 9.10. The average Bonchev–Trinajstić information content (AvgIpc) is 2.88. The van der Waals surface area contributed by atoms with Gasteiger partial charge in [-0.15, -0.1) is 11.6 Å². The van der Waals surface area contributed by atoms with Crippen LogP contribution in [-0.4, -0.2) is 16.7 Å². The number of nitrogens with zero attached hydrogens (tertiary/aromatic N) is 1. The Balaban J connectivity index is 2.34. The maximum absolute atomic E-state index is 11.1. The third kappa shape index (κ3) is 3.23. The Labute approximate surface area is 169 Å². The van der Waals surface area contributed by atoms with Crippen LogP contribution in [0.3, 0.4) is 0 Å². The largest absolute Gasteiger partial charge is 0.343 e. The van der Waals surface area contributed by atoms with Crippen LogP contribution in [0.2, 0.25) is 10.0 Å². The van der Waals surface area contributed by atoms with E-state index < -0.39 is 0 Å². The molecular weight excluding hydrogens is 444 g/mol. The van der Waals surface area contributed by atoms with Crippen molar-refractivity contribution < 1.29 is 4.79 Å². The summed E-state index contributed by atoms with van der Waals surface area (Å²) in [5.74, 6) is 0.597. The van der Waals surface area contributed by atoms with E-state index in [2.05, 4.69) is 33.5 Å². The minimum absolute atomic E-state index is 0.283. The molecule has 0 aliphatic heterocycles. The Morgan fingerprint density at radius 2 is 1.92 bits per heavy atom. The fourth-order valence-electron chi connectivity index (χ4n) is 3.17. The lowest BCUT2D eigenvalue weighted by Crippen LogP contribution is -2.01. The Morgan fingerprint density at radius 1 is 1.16 bits per heavy atom. The van der Waals surface area contributed by atoms with Gasteiger partial charge in [0.25, 0.3) is 0 Å². The zero-order valence-electron chi connectivity index (χ0n) is 13.5. The summed E-state index contributed by atoms with van der Waals surface area (Å²) in [6, 6.07) is 9.64. The monoisotopic (exact) mass is 457 g/mol. The standard InChI is InChI=1S/C19H15BrCl3NO/c1-11-16(13-7-6-12(10-25)17(22)18(13)23)14-4-2-5-15(20)19(14)24(11)9-3-8-21/h2,4-7,10H,3,8-9H2,1H3. The smallest absolute Gasteiger partial charge is 0.151 e. The van der Waals surface area contributed by atoms with Gasteiger partial charge in [-0.05, 0) is 41.4 Å². The molecule has 0 radical (unpaired) electrons. The summed E-state index contributed by atoms with van der Waals surface area (Å²) in [7, 11) is 0. The van der Waals surface area contributed by atoms with Gasteiger partial charge in [0.1, 0.15) is 0 Å². The van der Waals surface area contributed by atoms with Crippen LogP contribution in [0.4, 0.5) is 0 Å². The molecule has 2 aromatic carbocycles. The molecule has 3 aromatic rings. The van der Waals surface area contributed by atoms with Gasteiger partial charge >= 0.3 is 0 Å². The van der Waals surface area contributed by atoms with Crippen molar-refractivity contribution in [1.29, 1.82) is 0 Å². The number of aromatic nitrogens is 1. The van der Waals surface area contributed by atoms with Crippen LogP contribution >= 0.6 is 50.7 Å². The van der Waals surface area contributed by atoms with Crippen molar-refractivity contribution in [2.24, 2.45) is 0 Å². The Hall–Kier alpha value is -1.000. The summed E-state index contributed by atoms with van der Waals surface area (Å²) in [5.41, 5.74) is 4.42. The third-order valence-electron chi connectivity index (χ3n) is 4.32. The predicted octanol–water partition coefficient (Wildman–Crippen LogP) is 7.13. The predicted molar refractivity (Wildman–Crippen MR) is 111 cm³/mol. The highest BCUT2D eigenvalue weighted by Crippen LogP contribution is 2.43. The topological polar surface area (TPSA) is 22.0 Å². The van der Waals surface area contributed by atoms with Crippen molar-refractivity contribution >= 4 is 67.9 Å². The fourth-order valence-corrected chi connectivity index (χ4v) is 4.35. The second-order valence-corrected chi connectivity index (χ2v) is 7.73. The van der Waals surface area contributed by atoms with Crippen LogP contribution in [0, 0.1) is 6.92 Å². The Bertz CT molecular complexity index is 965. The molecule has 1 heterocycles. The van der Waals surface area contributed by atoms with E-state index in [4.69, 9.17) is 34.8 Å². The fraction of sp³-hybridized carbons (Fsp3) is 0.211. The number of aryl methyl sites for hydroxylation is 1. The molecule has 0 saturated heterocycles. The van der Waals surface area contributed by atoms with E-state index in [1.54, 1.807) is 6.07 Å². The van der Waals surface area contributed by atoms with E-state index >= 15 is 0 Å². The van der Waals surface area contributed by atoms with Gasteiger partial charge in [-0.2, -0.15) is 0 Å². The van der Waals surface area contributed by atoms with Gasteiger partial charge in [-0.1, -0.05) is 41.4 Å². The van der Waals surface area contributed by atoms with Crippen molar-refractivity contribution in [3.63, 3.8) is 0 Å². The van der Waals surface area contributed by atoms with Crippen LogP contribution in [0.5, 0.6) is 0 Å². The zero-order chi connectivity index (χ0) is 18.1. The van der Waals surface area contributed by atoms with Crippen molar-refractivity contribution in [2.75, 3.05) is 5.88 Å². The maximum atomic E-state index is 11.1. The van der Waals surface area contributed by atoms with Gasteiger partial charge in [-0.3, -0.25) is 4.79 Å². The number of hydrogen-bond acceptors (Lipinski definition) is 1. The van der Waals surface area contributed by atoms with Gasteiger partial charge in [0.05, 0.1) is 15.6 Å². The molecule has 0 amide bonds. The van der Waals surface area contributed by atoms with Crippen LogP contribution < -0.4 is 0 Å². The lowest BCUT2D eigenvalue weighted by Gasteiger charge is -2.10. The molecule has 0 atom stereocenters. The lowest BCUT2D eigenvalue weighted by atomic mass is 10.0. The third-order valence-corrected chi connectivity index (χ3v) is 6.12. The molecule has 0 saturated carbocycles. The molecular formula is C19H15BrCl3NO. The number of carbonyl (C=O) groups is 1. The summed E-state index contributed by atoms with van der Waals surface area (Å²) < 4.78 is 3.26. The van der Waals surface area contributed by atoms with Crippen molar-refractivity contribution in [3.8, 4) is 11.1 Å². The number of carbonyl (C=O) groups excluding carboxylic acids is 1. The van der Waals surface area contributed by atoms with Gasteiger partial charge in [0.15, 0.2) is 6.29 Å². The molecule has 0 bridgehead atoms. The average molecular weight is 460 g/mol. The lowest BCUT2D eigenvalue weighted by molar-refractivity contribution is 0.112. The van der Waals surface area contributed by atoms with Gasteiger partial charge in [0.2, 0.25) is 0 Å². The van der Waals surface area contributed by atoms with Gasteiger partial charge < -0.3 is 4.57 Å². The van der Waals surface area contributed by atoms with Crippen LogP contribution in [0.25, 0.3) is 22.0 Å². The van der Waals surface area contributed by atoms with Crippen LogP contribution in [0.1, 0.15) is 22.5 Å². The van der Waals surface area contributed by atoms with Crippen LogP contribution in [0.15, 0.2) is 34.8 Å². The molecule has 0 aliphatic rings. The maximum Gasteiger partial charge on any atom is 0.151 e. The number of alkyl halides is 1. The molecule has 25 heavy (non-hydrogen) atoms. The molecule has 0 aliphatic carbocycles. The Kier molecular flexibility index (Phi) is 5.79. The number of hydrogen-bond donors (Lipinski definition) is 0. The van der Waals surface area contributed by atoms with Crippen LogP contribution in [-0.2, 0) is 6.54 Å². The minimum Gasteiger partial charge on any atom is -0.343 e. The number of rotatable bonds is 5. The van der Waals surface area contributed by atoms with Crippen molar-refractivity contribution in [3.05, 3.63) is 56.1 Å². The van der Waals surface area contributed by atoms with E-state index in [0.717, 1.165) is 45.2 Å². The first-order valence-electron chi connectivity index (χ1n) is 7.78. The Morgan fingerprint density at radius 3 is 2.60 bits per heavy atom. The highest BCUT2D eigenvalue weighted by atomic mass is 79.9. The second kappa shape index (κ2) is 7.71. The number of fused-ring (bicyclic) bond motifs is 1. The number of benzene rings is 2. The molecule has 0 fully saturated rings. The SMILES string of the molecule is Cc1c(-c2ccc(C=O)c(Cl)c2Cl)c2cccc(Br)c2n1CCCCl. The van der Waals surface area contributed by atoms with E-state index in [1.165, 1.54) is 0 Å². The van der Waals surface area contributed by atoms with E-state index in [9.17, 15) is 4.79 Å². The highest BCUT2D eigenvalue weighted by Gasteiger charge is 2.20. The van der Waals surface area contributed by atoms with Crippen molar-refractivity contribution in [2.45, 2.75) is 19.9 Å². The summed E-state index contributed by atoms with van der Waals surface area (Å²) in [6.45, 7) is 2.88. The number of halogens is 4. The van der Waals surface area contributed by atoms with Crippen molar-refractivity contribution in [1.82, 2.24) is 4.57 Å².